The number of methoxy groups -OCH3 is 2. The Morgan fingerprint density at radius 1 is 1.03 bits per heavy atom. The molecule has 7 nitrogen and oxygen atoms in total. The maximum atomic E-state index is 12.9. The van der Waals surface area contributed by atoms with Crippen LogP contribution >= 0.6 is 0 Å². The minimum absolute atomic E-state index is 0.0825. The second-order valence-corrected chi connectivity index (χ2v) is 8.38. The molecule has 29 heavy (non-hydrogen) atoms. The van der Waals surface area contributed by atoms with Crippen LogP contribution in [0.3, 0.4) is 0 Å². The van der Waals surface area contributed by atoms with Gasteiger partial charge in [-0.2, -0.15) is 4.31 Å². The van der Waals surface area contributed by atoms with Gasteiger partial charge in [0.25, 0.3) is 0 Å². The number of hydrogen-bond acceptors (Lipinski definition) is 5. The van der Waals surface area contributed by atoms with Crippen molar-refractivity contribution in [2.45, 2.75) is 32.1 Å². The van der Waals surface area contributed by atoms with Crippen LogP contribution in [0.4, 0.5) is 5.69 Å². The van der Waals surface area contributed by atoms with Gasteiger partial charge < -0.3 is 14.8 Å². The van der Waals surface area contributed by atoms with Gasteiger partial charge in [-0.1, -0.05) is 26.0 Å². The molecular weight excluding hydrogens is 392 g/mol. The second kappa shape index (κ2) is 9.76. The Morgan fingerprint density at radius 2 is 1.72 bits per heavy atom. The number of nitrogens with zero attached hydrogens (tertiary/aromatic N) is 1. The maximum absolute atomic E-state index is 12.9. The molecule has 2 rings (SSSR count). The molecular formula is C21H28N2O5S. The third kappa shape index (κ3) is 5.27. The van der Waals surface area contributed by atoms with E-state index in [2.05, 4.69) is 5.32 Å². The maximum Gasteiger partial charge on any atom is 0.243 e. The van der Waals surface area contributed by atoms with Crippen molar-refractivity contribution in [2.75, 3.05) is 32.6 Å². The number of carbonyl (C=O) groups is 1. The molecule has 0 saturated carbocycles. The summed E-state index contributed by atoms with van der Waals surface area (Å²) in [6.45, 7) is 6.09. The van der Waals surface area contributed by atoms with Gasteiger partial charge in [0, 0.05) is 30.4 Å². The zero-order chi connectivity index (χ0) is 21.6. The van der Waals surface area contributed by atoms with Crippen molar-refractivity contribution in [2.24, 2.45) is 0 Å². The number of amides is 1. The number of nitrogens with one attached hydrogen (secondary N) is 1. The van der Waals surface area contributed by atoms with Crippen LogP contribution in [-0.2, 0) is 21.2 Å². The van der Waals surface area contributed by atoms with Gasteiger partial charge in [-0.15, -0.1) is 0 Å². The number of ether oxygens (including phenoxy) is 2. The van der Waals surface area contributed by atoms with Gasteiger partial charge in [-0.25, -0.2) is 8.42 Å². The molecule has 0 bridgehead atoms. The van der Waals surface area contributed by atoms with Crippen molar-refractivity contribution in [3.8, 4) is 11.5 Å². The van der Waals surface area contributed by atoms with Crippen molar-refractivity contribution < 1.29 is 22.7 Å². The Morgan fingerprint density at radius 3 is 2.31 bits per heavy atom. The fraction of sp³-hybridized carbons (Fsp3) is 0.381. The van der Waals surface area contributed by atoms with E-state index >= 15 is 0 Å². The lowest BCUT2D eigenvalue weighted by molar-refractivity contribution is -0.115. The van der Waals surface area contributed by atoms with E-state index in [1.807, 2.05) is 0 Å². The van der Waals surface area contributed by atoms with Gasteiger partial charge >= 0.3 is 0 Å². The summed E-state index contributed by atoms with van der Waals surface area (Å²) in [5.74, 6) is 0.910. The van der Waals surface area contributed by atoms with E-state index < -0.39 is 10.0 Å². The second-order valence-electron chi connectivity index (χ2n) is 6.47. The van der Waals surface area contributed by atoms with Crippen molar-refractivity contribution in [1.82, 2.24) is 4.31 Å². The number of sulfonamides is 1. The zero-order valence-corrected chi connectivity index (χ0v) is 18.3. The van der Waals surface area contributed by atoms with Gasteiger partial charge in [0.05, 0.1) is 25.5 Å². The number of anilines is 1. The summed E-state index contributed by atoms with van der Waals surface area (Å²) in [5, 5.41) is 2.78. The van der Waals surface area contributed by atoms with Crippen LogP contribution in [-0.4, -0.2) is 45.9 Å². The smallest absolute Gasteiger partial charge is 0.243 e. The van der Waals surface area contributed by atoms with Crippen molar-refractivity contribution in [3.05, 3.63) is 47.5 Å². The van der Waals surface area contributed by atoms with Crippen LogP contribution in [0.25, 0.3) is 0 Å². The summed E-state index contributed by atoms with van der Waals surface area (Å²) in [5.41, 5.74) is 1.76. The molecule has 2 aromatic carbocycles. The number of carbonyl (C=O) groups excluding carboxylic acids is 1. The third-order valence-electron chi connectivity index (χ3n) is 4.64. The molecule has 0 aliphatic rings. The largest absolute Gasteiger partial charge is 0.497 e. The van der Waals surface area contributed by atoms with E-state index in [-0.39, 0.29) is 17.2 Å². The minimum Gasteiger partial charge on any atom is -0.497 e. The van der Waals surface area contributed by atoms with E-state index in [0.717, 1.165) is 0 Å². The highest BCUT2D eigenvalue weighted by Crippen LogP contribution is 2.26. The summed E-state index contributed by atoms with van der Waals surface area (Å²) in [4.78, 5) is 12.7. The van der Waals surface area contributed by atoms with E-state index in [1.165, 1.54) is 17.5 Å². The van der Waals surface area contributed by atoms with E-state index in [1.54, 1.807) is 58.2 Å². The molecule has 1 amide bonds. The molecule has 0 spiro atoms. The Kier molecular flexibility index (Phi) is 7.64. The van der Waals surface area contributed by atoms with Crippen molar-refractivity contribution in [3.63, 3.8) is 0 Å². The SMILES string of the molecule is CCN(CC)S(=O)(=O)c1cc(NC(=O)Cc2ccc(OC)cc2OC)ccc1C. The first-order chi connectivity index (χ1) is 13.8. The highest BCUT2D eigenvalue weighted by Gasteiger charge is 2.24. The average molecular weight is 421 g/mol. The zero-order valence-electron chi connectivity index (χ0n) is 17.5. The molecule has 158 valence electrons. The molecule has 0 atom stereocenters. The van der Waals surface area contributed by atoms with Crippen LogP contribution < -0.4 is 14.8 Å². The fourth-order valence-electron chi connectivity index (χ4n) is 3.03. The molecule has 0 fully saturated rings. The molecule has 2 aromatic rings. The Hall–Kier alpha value is -2.58. The van der Waals surface area contributed by atoms with Crippen molar-refractivity contribution in [1.29, 1.82) is 0 Å². The van der Waals surface area contributed by atoms with Gasteiger partial charge in [0.2, 0.25) is 15.9 Å². The summed E-state index contributed by atoms with van der Waals surface area (Å²) in [6.07, 6.45) is 0.0825. The molecule has 8 heteroatoms. The predicted octanol–water partition coefficient (Wildman–Crippen LogP) is 3.22. The van der Waals surface area contributed by atoms with E-state index in [9.17, 15) is 13.2 Å². The highest BCUT2D eigenvalue weighted by atomic mass is 32.2. The lowest BCUT2D eigenvalue weighted by Gasteiger charge is -2.20. The minimum atomic E-state index is -3.62. The van der Waals surface area contributed by atoms with Crippen LogP contribution in [0.2, 0.25) is 0 Å². The number of rotatable bonds is 9. The normalized spacial score (nSPS) is 11.4. The molecule has 0 aromatic heterocycles. The molecule has 1 N–H and O–H groups in total. The van der Waals surface area contributed by atoms with E-state index in [4.69, 9.17) is 9.47 Å². The monoisotopic (exact) mass is 420 g/mol. The molecule has 0 aliphatic heterocycles. The Balaban J connectivity index is 2.24. The van der Waals surface area contributed by atoms with Crippen LogP contribution in [0.1, 0.15) is 25.0 Å². The van der Waals surface area contributed by atoms with Crippen LogP contribution in [0.5, 0.6) is 11.5 Å². The summed E-state index contributed by atoms with van der Waals surface area (Å²) in [6, 6.07) is 10.1. The summed E-state index contributed by atoms with van der Waals surface area (Å²) < 4.78 is 37.6. The van der Waals surface area contributed by atoms with Crippen LogP contribution in [0, 0.1) is 6.92 Å². The molecule has 0 aliphatic carbocycles. The molecule has 0 heterocycles. The van der Waals surface area contributed by atoms with Crippen LogP contribution in [0.15, 0.2) is 41.3 Å². The van der Waals surface area contributed by atoms with Gasteiger partial charge in [-0.05, 0) is 30.7 Å². The highest BCUT2D eigenvalue weighted by molar-refractivity contribution is 7.89. The summed E-state index contributed by atoms with van der Waals surface area (Å²) >= 11 is 0. The fourth-order valence-corrected chi connectivity index (χ4v) is 4.74. The number of benzene rings is 2. The third-order valence-corrected chi connectivity index (χ3v) is 6.83. The molecule has 0 unspecified atom stereocenters. The van der Waals surface area contributed by atoms with Gasteiger partial charge in [-0.3, -0.25) is 4.79 Å². The lowest BCUT2D eigenvalue weighted by Crippen LogP contribution is -2.31. The average Bonchev–Trinajstić information content (AvgIpc) is 2.70. The number of aryl methyl sites for hydroxylation is 1. The first-order valence-corrected chi connectivity index (χ1v) is 10.8. The summed E-state index contributed by atoms with van der Waals surface area (Å²) in [7, 11) is -0.533. The molecule has 0 saturated heterocycles. The lowest BCUT2D eigenvalue weighted by atomic mass is 10.1. The van der Waals surface area contributed by atoms with Gasteiger partial charge in [0.1, 0.15) is 11.5 Å². The number of hydrogen-bond donors (Lipinski definition) is 1. The Bertz CT molecular complexity index is 969. The topological polar surface area (TPSA) is 84.9 Å². The first kappa shape index (κ1) is 22.7. The quantitative estimate of drug-likeness (QED) is 0.673. The first-order valence-electron chi connectivity index (χ1n) is 9.38. The van der Waals surface area contributed by atoms with E-state index in [0.29, 0.717) is 41.4 Å². The molecule has 0 radical (unpaired) electrons. The Labute approximate surface area is 172 Å². The standard InChI is InChI=1S/C21H28N2O5S/c1-6-23(7-2)29(25,26)20-13-17(10-8-15(20)3)22-21(24)12-16-9-11-18(27-4)14-19(16)28-5/h8-11,13-14H,6-7,12H2,1-5H3,(H,22,24). The van der Waals surface area contributed by atoms with Crippen molar-refractivity contribution >= 4 is 21.6 Å². The predicted molar refractivity (Wildman–Crippen MR) is 113 cm³/mol. The van der Waals surface area contributed by atoms with Gasteiger partial charge in [0.15, 0.2) is 0 Å².